The summed E-state index contributed by atoms with van der Waals surface area (Å²) >= 11 is 0. The van der Waals surface area contributed by atoms with Crippen LogP contribution < -0.4 is 10.5 Å². The average molecular weight is 222 g/mol. The minimum atomic E-state index is -3.13. The Labute approximate surface area is 87.3 Å². The van der Waals surface area contributed by atoms with Crippen molar-refractivity contribution in [2.24, 2.45) is 11.1 Å². The number of sulfonamides is 1. The molecule has 3 N–H and O–H groups in total. The third-order valence-electron chi connectivity index (χ3n) is 2.20. The number of hydrogen-bond acceptors (Lipinski definition) is 3. The summed E-state index contributed by atoms with van der Waals surface area (Å²) in [6, 6.07) is -0.0857. The van der Waals surface area contributed by atoms with Gasteiger partial charge in [0.25, 0.3) is 0 Å². The Kier molecular flexibility index (Phi) is 5.05. The van der Waals surface area contributed by atoms with Gasteiger partial charge in [0.05, 0.1) is 5.75 Å². The van der Waals surface area contributed by atoms with Crippen molar-refractivity contribution in [1.82, 2.24) is 4.72 Å². The lowest BCUT2D eigenvalue weighted by Crippen LogP contribution is -2.45. The van der Waals surface area contributed by atoms with Gasteiger partial charge in [0, 0.05) is 6.04 Å². The molecule has 14 heavy (non-hydrogen) atoms. The van der Waals surface area contributed by atoms with Gasteiger partial charge in [0.2, 0.25) is 10.0 Å². The van der Waals surface area contributed by atoms with E-state index in [1.807, 2.05) is 20.8 Å². The highest BCUT2D eigenvalue weighted by Crippen LogP contribution is 2.22. The van der Waals surface area contributed by atoms with E-state index in [1.54, 1.807) is 6.92 Å². The molecule has 0 aromatic heterocycles. The maximum Gasteiger partial charge on any atom is 0.211 e. The first-order chi connectivity index (χ1) is 6.23. The van der Waals surface area contributed by atoms with E-state index in [0.717, 1.165) is 0 Å². The van der Waals surface area contributed by atoms with Gasteiger partial charge in [-0.3, -0.25) is 0 Å². The molecule has 0 saturated heterocycles. The Morgan fingerprint density at radius 1 is 1.36 bits per heavy atom. The van der Waals surface area contributed by atoms with Crippen LogP contribution in [-0.4, -0.2) is 26.8 Å². The largest absolute Gasteiger partial charge is 0.330 e. The normalized spacial score (nSPS) is 15.5. The Bertz CT molecular complexity index is 254. The molecule has 0 amide bonds. The lowest BCUT2D eigenvalue weighted by Gasteiger charge is -2.30. The fourth-order valence-electron chi connectivity index (χ4n) is 1.14. The first-order valence-electron chi connectivity index (χ1n) is 4.93. The van der Waals surface area contributed by atoms with Gasteiger partial charge < -0.3 is 5.73 Å². The number of hydrogen-bond donors (Lipinski definition) is 2. The van der Waals surface area contributed by atoms with Crippen LogP contribution in [0.2, 0.25) is 0 Å². The topological polar surface area (TPSA) is 72.2 Å². The van der Waals surface area contributed by atoms with E-state index >= 15 is 0 Å². The number of nitrogens with two attached hydrogens (primary N) is 1. The maximum atomic E-state index is 11.4. The third kappa shape index (κ3) is 4.93. The molecule has 0 saturated carbocycles. The van der Waals surface area contributed by atoms with Gasteiger partial charge in [-0.2, -0.15) is 0 Å². The minimum Gasteiger partial charge on any atom is -0.330 e. The van der Waals surface area contributed by atoms with E-state index in [9.17, 15) is 8.42 Å². The SMILES string of the molecule is CCS(=O)(=O)NC(CCN)C(C)(C)C. The fourth-order valence-corrected chi connectivity index (χ4v) is 2.21. The Morgan fingerprint density at radius 2 is 1.86 bits per heavy atom. The van der Waals surface area contributed by atoms with Crippen LogP contribution in [0.25, 0.3) is 0 Å². The summed E-state index contributed by atoms with van der Waals surface area (Å²) in [5, 5.41) is 0. The zero-order valence-electron chi connectivity index (χ0n) is 9.50. The van der Waals surface area contributed by atoms with Crippen LogP contribution in [0.15, 0.2) is 0 Å². The van der Waals surface area contributed by atoms with Crippen LogP contribution in [0, 0.1) is 5.41 Å². The smallest absolute Gasteiger partial charge is 0.211 e. The van der Waals surface area contributed by atoms with E-state index in [-0.39, 0.29) is 17.2 Å². The summed E-state index contributed by atoms with van der Waals surface area (Å²) in [4.78, 5) is 0. The van der Waals surface area contributed by atoms with Gasteiger partial charge in [-0.1, -0.05) is 20.8 Å². The molecule has 0 aliphatic heterocycles. The van der Waals surface area contributed by atoms with Crippen molar-refractivity contribution in [3.63, 3.8) is 0 Å². The Hall–Kier alpha value is -0.130. The molecule has 86 valence electrons. The second-order valence-electron chi connectivity index (χ2n) is 4.52. The number of nitrogens with one attached hydrogen (secondary N) is 1. The van der Waals surface area contributed by atoms with Crippen molar-refractivity contribution in [2.75, 3.05) is 12.3 Å². The van der Waals surface area contributed by atoms with Crippen molar-refractivity contribution in [2.45, 2.75) is 40.2 Å². The first-order valence-corrected chi connectivity index (χ1v) is 6.58. The van der Waals surface area contributed by atoms with Gasteiger partial charge in [-0.15, -0.1) is 0 Å². The van der Waals surface area contributed by atoms with Gasteiger partial charge in [0.15, 0.2) is 0 Å². The summed E-state index contributed by atoms with van der Waals surface area (Å²) in [6.45, 7) is 8.14. The molecule has 0 heterocycles. The molecule has 1 unspecified atom stereocenters. The molecular formula is C9H22N2O2S. The summed E-state index contributed by atoms with van der Waals surface area (Å²) in [5.41, 5.74) is 5.36. The van der Waals surface area contributed by atoms with Crippen LogP contribution in [0.1, 0.15) is 34.1 Å². The quantitative estimate of drug-likeness (QED) is 0.719. The summed E-state index contributed by atoms with van der Waals surface area (Å²) in [6.07, 6.45) is 0.669. The third-order valence-corrected chi connectivity index (χ3v) is 3.61. The molecule has 0 aliphatic carbocycles. The van der Waals surface area contributed by atoms with Crippen molar-refractivity contribution in [3.8, 4) is 0 Å². The van der Waals surface area contributed by atoms with Crippen molar-refractivity contribution < 1.29 is 8.42 Å². The second kappa shape index (κ2) is 5.09. The van der Waals surface area contributed by atoms with Gasteiger partial charge >= 0.3 is 0 Å². The van der Waals surface area contributed by atoms with Gasteiger partial charge in [0.1, 0.15) is 0 Å². The molecule has 0 aromatic rings. The molecule has 0 fully saturated rings. The highest BCUT2D eigenvalue weighted by molar-refractivity contribution is 7.89. The van der Waals surface area contributed by atoms with Crippen LogP contribution in [-0.2, 0) is 10.0 Å². The molecule has 0 radical (unpaired) electrons. The highest BCUT2D eigenvalue weighted by atomic mass is 32.2. The van der Waals surface area contributed by atoms with Crippen LogP contribution in [0.5, 0.6) is 0 Å². The summed E-state index contributed by atoms with van der Waals surface area (Å²) in [7, 11) is -3.13. The molecule has 4 nitrogen and oxygen atoms in total. The lowest BCUT2D eigenvalue weighted by molar-refractivity contribution is 0.287. The van der Waals surface area contributed by atoms with E-state index in [4.69, 9.17) is 5.73 Å². The summed E-state index contributed by atoms with van der Waals surface area (Å²) in [5.74, 6) is 0.115. The number of rotatable bonds is 5. The van der Waals surface area contributed by atoms with E-state index in [2.05, 4.69) is 4.72 Å². The highest BCUT2D eigenvalue weighted by Gasteiger charge is 2.27. The van der Waals surface area contributed by atoms with Crippen molar-refractivity contribution in [1.29, 1.82) is 0 Å². The molecule has 1 atom stereocenters. The molecule has 0 bridgehead atoms. The molecule has 0 aromatic carbocycles. The van der Waals surface area contributed by atoms with E-state index < -0.39 is 10.0 Å². The maximum absolute atomic E-state index is 11.4. The molecule has 5 heteroatoms. The zero-order valence-corrected chi connectivity index (χ0v) is 10.3. The lowest BCUT2D eigenvalue weighted by atomic mass is 9.85. The molecular weight excluding hydrogens is 200 g/mol. The van der Waals surface area contributed by atoms with E-state index in [1.165, 1.54) is 0 Å². The van der Waals surface area contributed by atoms with Crippen LogP contribution in [0.4, 0.5) is 0 Å². The first kappa shape index (κ1) is 13.9. The summed E-state index contributed by atoms with van der Waals surface area (Å²) < 4.78 is 25.4. The fraction of sp³-hybridized carbons (Fsp3) is 1.00. The van der Waals surface area contributed by atoms with Gasteiger partial charge in [-0.25, -0.2) is 13.1 Å². The zero-order chi connectivity index (χ0) is 11.4. The van der Waals surface area contributed by atoms with Crippen molar-refractivity contribution in [3.05, 3.63) is 0 Å². The van der Waals surface area contributed by atoms with Crippen molar-refractivity contribution >= 4 is 10.0 Å². The second-order valence-corrected chi connectivity index (χ2v) is 6.56. The van der Waals surface area contributed by atoms with Crippen LogP contribution >= 0.6 is 0 Å². The minimum absolute atomic E-state index is 0.0857. The molecule has 0 rings (SSSR count). The Balaban J connectivity index is 4.55. The van der Waals surface area contributed by atoms with E-state index in [0.29, 0.717) is 13.0 Å². The van der Waals surface area contributed by atoms with Gasteiger partial charge in [-0.05, 0) is 25.3 Å². The standard InChI is InChI=1S/C9H22N2O2S/c1-5-14(12,13)11-8(6-7-10)9(2,3)4/h8,11H,5-7,10H2,1-4H3. The molecule has 0 aliphatic rings. The Morgan fingerprint density at radius 3 is 2.14 bits per heavy atom. The monoisotopic (exact) mass is 222 g/mol. The predicted molar refractivity (Wildman–Crippen MR) is 59.5 cm³/mol. The average Bonchev–Trinajstić information content (AvgIpc) is 2.02. The van der Waals surface area contributed by atoms with Crippen LogP contribution in [0.3, 0.4) is 0 Å². The predicted octanol–water partition coefficient (Wildman–Crippen LogP) is 0.689. The molecule has 0 spiro atoms.